The van der Waals surface area contributed by atoms with Crippen molar-refractivity contribution in [2.45, 2.75) is 19.6 Å². The molecule has 0 fully saturated rings. The van der Waals surface area contributed by atoms with Gasteiger partial charge in [0.05, 0.1) is 29.2 Å². The van der Waals surface area contributed by atoms with Gasteiger partial charge in [0.15, 0.2) is 0 Å². The van der Waals surface area contributed by atoms with Crippen molar-refractivity contribution in [3.63, 3.8) is 0 Å². The largest absolute Gasteiger partial charge is 0.386 e. The van der Waals surface area contributed by atoms with Crippen LogP contribution >= 0.6 is 0 Å². The van der Waals surface area contributed by atoms with Crippen LogP contribution in [0.1, 0.15) is 17.4 Å². The number of aromatic nitrogens is 3. The number of rotatable bonds is 3. The molecule has 25 heavy (non-hydrogen) atoms. The standard InChI is InChI=1S/C19H16FN3O2/c1-12-10-18-22(11-17(24)13-6-2-4-8-15(13)20)19(25)14-7-3-5-9-16(14)23(18)21-12/h2-10,17,24H,11H2,1H3. The first-order valence-corrected chi connectivity index (χ1v) is 7.96. The topological polar surface area (TPSA) is 59.5 Å². The third kappa shape index (κ3) is 2.51. The van der Waals surface area contributed by atoms with Gasteiger partial charge in [-0.15, -0.1) is 0 Å². The fraction of sp³-hybridized carbons (Fsp3) is 0.158. The highest BCUT2D eigenvalue weighted by molar-refractivity contribution is 5.80. The van der Waals surface area contributed by atoms with E-state index in [2.05, 4.69) is 5.10 Å². The SMILES string of the molecule is Cc1cc2n(CC(O)c3ccccc3F)c(=O)c3ccccc3n2n1. The fourth-order valence-electron chi connectivity index (χ4n) is 3.14. The Balaban J connectivity index is 1.93. The van der Waals surface area contributed by atoms with E-state index in [0.717, 1.165) is 5.69 Å². The molecule has 0 bridgehead atoms. The molecule has 0 amide bonds. The van der Waals surface area contributed by atoms with Crippen molar-refractivity contribution >= 4 is 16.6 Å². The summed E-state index contributed by atoms with van der Waals surface area (Å²) in [5.41, 5.74) is 1.95. The number of halogens is 1. The predicted octanol–water partition coefficient (Wildman–Crippen LogP) is 2.83. The van der Waals surface area contributed by atoms with Crippen molar-refractivity contribution in [1.29, 1.82) is 0 Å². The lowest BCUT2D eigenvalue weighted by molar-refractivity contribution is 0.152. The van der Waals surface area contributed by atoms with Crippen LogP contribution in [-0.2, 0) is 6.54 Å². The van der Waals surface area contributed by atoms with Crippen LogP contribution < -0.4 is 5.56 Å². The summed E-state index contributed by atoms with van der Waals surface area (Å²) in [6.45, 7) is 1.78. The van der Waals surface area contributed by atoms with Crippen LogP contribution in [0.3, 0.4) is 0 Å². The average molecular weight is 337 g/mol. The molecule has 1 unspecified atom stereocenters. The first-order valence-electron chi connectivity index (χ1n) is 7.96. The van der Waals surface area contributed by atoms with E-state index in [1.165, 1.54) is 16.7 Å². The normalized spacial score (nSPS) is 12.8. The van der Waals surface area contributed by atoms with Gasteiger partial charge in [-0.2, -0.15) is 5.10 Å². The number of benzene rings is 2. The number of aryl methyl sites for hydroxylation is 1. The van der Waals surface area contributed by atoms with Gasteiger partial charge in [-0.25, -0.2) is 8.91 Å². The highest BCUT2D eigenvalue weighted by Crippen LogP contribution is 2.20. The molecule has 2 aromatic carbocycles. The number of hydrogen-bond donors (Lipinski definition) is 1. The summed E-state index contributed by atoms with van der Waals surface area (Å²) in [4.78, 5) is 12.9. The second kappa shape index (κ2) is 5.82. The van der Waals surface area contributed by atoms with E-state index in [-0.39, 0.29) is 17.7 Å². The van der Waals surface area contributed by atoms with Crippen molar-refractivity contribution < 1.29 is 9.50 Å². The Morgan fingerprint density at radius 1 is 1.16 bits per heavy atom. The first-order chi connectivity index (χ1) is 12.1. The highest BCUT2D eigenvalue weighted by Gasteiger charge is 2.18. The molecule has 0 aliphatic carbocycles. The molecule has 0 saturated heterocycles. The number of nitrogens with zero attached hydrogens (tertiary/aromatic N) is 3. The lowest BCUT2D eigenvalue weighted by atomic mass is 10.1. The molecule has 0 aliphatic heterocycles. The van der Waals surface area contributed by atoms with Gasteiger partial charge in [0.25, 0.3) is 5.56 Å². The molecular formula is C19H16FN3O2. The van der Waals surface area contributed by atoms with Crippen molar-refractivity contribution in [3.8, 4) is 0 Å². The van der Waals surface area contributed by atoms with Gasteiger partial charge in [0, 0.05) is 11.6 Å². The number of fused-ring (bicyclic) bond motifs is 3. The molecule has 1 atom stereocenters. The van der Waals surface area contributed by atoms with Crippen LogP contribution in [0, 0.1) is 12.7 Å². The van der Waals surface area contributed by atoms with E-state index in [0.29, 0.717) is 16.6 Å². The van der Waals surface area contributed by atoms with E-state index in [1.54, 1.807) is 34.8 Å². The van der Waals surface area contributed by atoms with Gasteiger partial charge >= 0.3 is 0 Å². The Kier molecular flexibility index (Phi) is 3.62. The maximum atomic E-state index is 13.9. The maximum absolute atomic E-state index is 13.9. The molecule has 0 aliphatic rings. The summed E-state index contributed by atoms with van der Waals surface area (Å²) in [6.07, 6.45) is -1.14. The third-order valence-electron chi connectivity index (χ3n) is 4.32. The van der Waals surface area contributed by atoms with Crippen molar-refractivity contribution in [1.82, 2.24) is 14.2 Å². The summed E-state index contributed by atoms with van der Waals surface area (Å²) in [5, 5.41) is 15.4. The summed E-state index contributed by atoms with van der Waals surface area (Å²) in [7, 11) is 0. The maximum Gasteiger partial charge on any atom is 0.261 e. The molecule has 0 saturated carbocycles. The first kappa shape index (κ1) is 15.5. The van der Waals surface area contributed by atoms with Crippen LogP contribution in [0.4, 0.5) is 4.39 Å². The van der Waals surface area contributed by atoms with Crippen molar-refractivity contribution in [2.24, 2.45) is 0 Å². The van der Waals surface area contributed by atoms with Crippen LogP contribution in [0.5, 0.6) is 0 Å². The van der Waals surface area contributed by atoms with Crippen LogP contribution in [-0.4, -0.2) is 19.3 Å². The quantitative estimate of drug-likeness (QED) is 0.625. The molecule has 1 N–H and O–H groups in total. The van der Waals surface area contributed by atoms with Gasteiger partial charge in [-0.05, 0) is 25.1 Å². The van der Waals surface area contributed by atoms with Crippen LogP contribution in [0.15, 0.2) is 59.4 Å². The predicted molar refractivity (Wildman–Crippen MR) is 93.1 cm³/mol. The Morgan fingerprint density at radius 3 is 2.68 bits per heavy atom. The van der Waals surface area contributed by atoms with Crippen molar-refractivity contribution in [2.75, 3.05) is 0 Å². The zero-order chi connectivity index (χ0) is 17.6. The zero-order valence-corrected chi connectivity index (χ0v) is 13.6. The minimum absolute atomic E-state index is 0.0563. The summed E-state index contributed by atoms with van der Waals surface area (Å²) in [6, 6.07) is 15.0. The number of para-hydroxylation sites is 1. The molecular weight excluding hydrogens is 321 g/mol. The number of aliphatic hydroxyl groups excluding tert-OH is 1. The average Bonchev–Trinajstić information content (AvgIpc) is 3.00. The third-order valence-corrected chi connectivity index (χ3v) is 4.32. The number of hydrogen-bond acceptors (Lipinski definition) is 3. The van der Waals surface area contributed by atoms with Crippen LogP contribution in [0.25, 0.3) is 16.6 Å². The Morgan fingerprint density at radius 2 is 1.88 bits per heavy atom. The van der Waals surface area contributed by atoms with Gasteiger partial charge < -0.3 is 5.11 Å². The highest BCUT2D eigenvalue weighted by atomic mass is 19.1. The minimum atomic E-state index is -1.14. The van der Waals surface area contributed by atoms with Gasteiger partial charge in [-0.3, -0.25) is 9.36 Å². The molecule has 0 radical (unpaired) electrons. The van der Waals surface area contributed by atoms with E-state index < -0.39 is 11.9 Å². The molecule has 0 spiro atoms. The molecule has 126 valence electrons. The second-order valence-electron chi connectivity index (χ2n) is 6.03. The second-order valence-corrected chi connectivity index (χ2v) is 6.03. The smallest absolute Gasteiger partial charge is 0.261 e. The van der Waals surface area contributed by atoms with Crippen molar-refractivity contribution in [3.05, 3.63) is 82.0 Å². The molecule has 2 aromatic heterocycles. The Hall–Kier alpha value is -2.99. The summed E-state index contributed by atoms with van der Waals surface area (Å²) >= 11 is 0. The monoisotopic (exact) mass is 337 g/mol. The minimum Gasteiger partial charge on any atom is -0.386 e. The number of aliphatic hydroxyl groups is 1. The Bertz CT molecular complexity index is 1150. The zero-order valence-electron chi connectivity index (χ0n) is 13.6. The van der Waals surface area contributed by atoms with E-state index in [1.807, 2.05) is 19.1 Å². The summed E-state index contributed by atoms with van der Waals surface area (Å²) in [5.74, 6) is -0.496. The van der Waals surface area contributed by atoms with Gasteiger partial charge in [0.2, 0.25) is 0 Å². The summed E-state index contributed by atoms with van der Waals surface area (Å²) < 4.78 is 17.1. The van der Waals surface area contributed by atoms with E-state index in [9.17, 15) is 14.3 Å². The fourth-order valence-corrected chi connectivity index (χ4v) is 3.14. The van der Waals surface area contributed by atoms with Gasteiger partial charge in [-0.1, -0.05) is 30.3 Å². The van der Waals surface area contributed by atoms with E-state index >= 15 is 0 Å². The molecule has 4 aromatic rings. The molecule has 5 nitrogen and oxygen atoms in total. The molecule has 2 heterocycles. The van der Waals surface area contributed by atoms with Gasteiger partial charge in [0.1, 0.15) is 11.5 Å². The Labute approximate surface area is 142 Å². The molecule has 4 rings (SSSR count). The lowest BCUT2D eigenvalue weighted by Crippen LogP contribution is -2.26. The molecule has 6 heteroatoms. The van der Waals surface area contributed by atoms with Crippen LogP contribution in [0.2, 0.25) is 0 Å². The van der Waals surface area contributed by atoms with E-state index in [4.69, 9.17) is 0 Å². The lowest BCUT2D eigenvalue weighted by Gasteiger charge is -2.16.